The number of thiazole rings is 2. The smallest absolute Gasteiger partial charge is 0.276 e. The molecule has 2 saturated heterocycles. The molecular weight excluding hydrogens is 669 g/mol. The second-order valence-electron chi connectivity index (χ2n) is 13.6. The van der Waals surface area contributed by atoms with Gasteiger partial charge in [0.05, 0.1) is 12.1 Å². The number of aromatic nitrogens is 3. The summed E-state index contributed by atoms with van der Waals surface area (Å²) in [7, 11) is 0. The van der Waals surface area contributed by atoms with Gasteiger partial charge >= 0.3 is 0 Å². The van der Waals surface area contributed by atoms with Crippen LogP contribution < -0.4 is 16.0 Å². The minimum atomic E-state index is -0.879. The molecule has 0 aliphatic carbocycles. The number of fused-ring (bicyclic) bond motifs is 10. The molecule has 16 heteroatoms. The van der Waals surface area contributed by atoms with E-state index in [0.29, 0.717) is 54.5 Å². The van der Waals surface area contributed by atoms with Crippen molar-refractivity contribution in [3.63, 3.8) is 0 Å². The first-order valence-electron chi connectivity index (χ1n) is 16.8. The molecule has 3 aromatic rings. The van der Waals surface area contributed by atoms with Gasteiger partial charge < -0.3 is 30.2 Å². The number of amides is 5. The van der Waals surface area contributed by atoms with Gasteiger partial charge in [0, 0.05) is 23.8 Å². The molecule has 5 atom stereocenters. The molecular formula is C33H42N8O6S2. The number of nitrogens with zero attached hydrogens (tertiary/aromatic N) is 5. The maximum absolute atomic E-state index is 14.0. The van der Waals surface area contributed by atoms with Crippen LogP contribution in [0.1, 0.15) is 110 Å². The van der Waals surface area contributed by atoms with Crippen molar-refractivity contribution in [2.45, 2.75) is 96.9 Å². The van der Waals surface area contributed by atoms with Crippen molar-refractivity contribution in [1.29, 1.82) is 0 Å². The van der Waals surface area contributed by atoms with Gasteiger partial charge in [0.15, 0.2) is 5.69 Å². The number of hydrogen-bond acceptors (Lipinski definition) is 11. The maximum atomic E-state index is 14.0. The SMILES string of the molecule is CC(C)C[C@@H]1NC(=O)c2csc(n2)[C@H](C)NC(=O)[C@H](C(C)C)NC(=O)[C@@H]2CCCN2C(=O)c2coc(n2)-c2csc(n2)[C@@H]2CCCN2C1=O. The third kappa shape index (κ3) is 7.25. The summed E-state index contributed by atoms with van der Waals surface area (Å²) < 4.78 is 5.70. The van der Waals surface area contributed by atoms with Crippen molar-refractivity contribution < 1.29 is 28.4 Å². The Labute approximate surface area is 292 Å². The minimum Gasteiger partial charge on any atom is -0.442 e. The van der Waals surface area contributed by atoms with Gasteiger partial charge in [-0.3, -0.25) is 24.0 Å². The Kier molecular flexibility index (Phi) is 10.2. The monoisotopic (exact) mass is 710 g/mol. The van der Waals surface area contributed by atoms with Crippen LogP contribution in [-0.2, 0) is 14.4 Å². The molecule has 3 aromatic heterocycles. The predicted molar refractivity (Wildman–Crippen MR) is 182 cm³/mol. The van der Waals surface area contributed by atoms with Gasteiger partial charge in [-0.15, -0.1) is 22.7 Å². The highest BCUT2D eigenvalue weighted by Gasteiger charge is 2.39. The van der Waals surface area contributed by atoms with Gasteiger partial charge in [-0.1, -0.05) is 27.7 Å². The molecule has 0 spiro atoms. The van der Waals surface area contributed by atoms with E-state index < -0.39 is 47.8 Å². The minimum absolute atomic E-state index is 0.0541. The van der Waals surface area contributed by atoms with Crippen molar-refractivity contribution in [3.8, 4) is 11.6 Å². The van der Waals surface area contributed by atoms with Gasteiger partial charge in [-0.25, -0.2) is 15.0 Å². The summed E-state index contributed by atoms with van der Waals surface area (Å²) in [4.78, 5) is 85.1. The van der Waals surface area contributed by atoms with E-state index in [4.69, 9.17) is 9.40 Å². The first kappa shape index (κ1) is 34.7. The van der Waals surface area contributed by atoms with Crippen LogP contribution in [-0.4, -0.2) is 85.5 Å². The highest BCUT2D eigenvalue weighted by molar-refractivity contribution is 7.10. The highest BCUT2D eigenvalue weighted by atomic mass is 32.1. The lowest BCUT2D eigenvalue weighted by atomic mass is 10.0. The molecule has 5 amide bonds. The molecule has 6 heterocycles. The van der Waals surface area contributed by atoms with Crippen molar-refractivity contribution in [2.75, 3.05) is 13.1 Å². The largest absolute Gasteiger partial charge is 0.442 e. The van der Waals surface area contributed by atoms with E-state index in [1.807, 2.05) is 27.7 Å². The molecule has 0 saturated carbocycles. The number of nitrogens with one attached hydrogen (secondary N) is 3. The average Bonchev–Trinajstić information content (AvgIpc) is 3.89. The zero-order chi connectivity index (χ0) is 35.0. The van der Waals surface area contributed by atoms with E-state index in [1.165, 1.54) is 33.8 Å². The first-order chi connectivity index (χ1) is 23.4. The lowest BCUT2D eigenvalue weighted by Crippen LogP contribution is -2.55. The van der Waals surface area contributed by atoms with Crippen LogP contribution in [0, 0.1) is 11.8 Å². The van der Waals surface area contributed by atoms with Crippen molar-refractivity contribution in [2.24, 2.45) is 11.8 Å². The molecule has 2 fully saturated rings. The van der Waals surface area contributed by atoms with E-state index in [1.54, 1.807) is 22.6 Å². The first-order valence-corrected chi connectivity index (χ1v) is 18.6. The van der Waals surface area contributed by atoms with Gasteiger partial charge in [-0.2, -0.15) is 0 Å². The zero-order valence-corrected chi connectivity index (χ0v) is 29.9. The third-order valence-electron chi connectivity index (χ3n) is 9.14. The summed E-state index contributed by atoms with van der Waals surface area (Å²) >= 11 is 2.61. The fourth-order valence-electron chi connectivity index (χ4n) is 6.61. The average molecular weight is 711 g/mol. The quantitative estimate of drug-likeness (QED) is 0.366. The molecule has 6 bridgehead atoms. The second kappa shape index (κ2) is 14.4. The third-order valence-corrected chi connectivity index (χ3v) is 11.1. The molecule has 0 radical (unpaired) electrons. The van der Waals surface area contributed by atoms with Crippen molar-refractivity contribution in [3.05, 3.63) is 38.4 Å². The fourth-order valence-corrected chi connectivity index (χ4v) is 8.36. The topological polar surface area (TPSA) is 180 Å². The normalized spacial score (nSPS) is 25.6. The molecule has 262 valence electrons. The Bertz CT molecular complexity index is 1730. The van der Waals surface area contributed by atoms with Gasteiger partial charge in [-0.05, 0) is 50.9 Å². The summed E-state index contributed by atoms with van der Waals surface area (Å²) in [6, 6.07) is -3.27. The molecule has 0 aromatic carbocycles. The Balaban J connectivity index is 1.34. The van der Waals surface area contributed by atoms with Crippen LogP contribution in [0.4, 0.5) is 0 Å². The molecule has 3 aliphatic heterocycles. The van der Waals surface area contributed by atoms with Crippen LogP contribution in [0.15, 0.2) is 21.4 Å². The molecule has 49 heavy (non-hydrogen) atoms. The fraction of sp³-hybridized carbons (Fsp3) is 0.576. The lowest BCUT2D eigenvalue weighted by molar-refractivity contribution is -0.134. The van der Waals surface area contributed by atoms with Crippen molar-refractivity contribution in [1.82, 2.24) is 40.7 Å². The van der Waals surface area contributed by atoms with Crippen LogP contribution in [0.5, 0.6) is 0 Å². The van der Waals surface area contributed by atoms with E-state index in [0.717, 1.165) is 6.42 Å². The number of rotatable bonds is 3. The van der Waals surface area contributed by atoms with Crippen LogP contribution in [0.3, 0.4) is 0 Å². The summed E-state index contributed by atoms with van der Waals surface area (Å²) in [6.07, 6.45) is 4.27. The van der Waals surface area contributed by atoms with Crippen molar-refractivity contribution >= 4 is 52.2 Å². The standard InChI is InChI=1S/C33H42N8O6S2/c1-16(2)12-19-32(45)41-11-7-9-24(41)31-38-22(15-49-31)29-36-20(13-47-29)33(46)40-10-6-8-23(40)27(43)39-25(17(3)4)28(44)34-18(5)30-37-21(14-48-30)26(42)35-19/h13-19,23-25H,6-12H2,1-5H3,(H,34,44)(H,35,42)(H,39,43)/t18-,19-,23-,24-,25-/m0/s1. The molecule has 6 rings (SSSR count). The van der Waals surface area contributed by atoms with Gasteiger partial charge in [0.2, 0.25) is 23.6 Å². The van der Waals surface area contributed by atoms with E-state index in [2.05, 4.69) is 25.9 Å². The van der Waals surface area contributed by atoms with Gasteiger partial charge in [0.25, 0.3) is 11.8 Å². The molecule has 3 aliphatic rings. The van der Waals surface area contributed by atoms with Crippen LogP contribution in [0.25, 0.3) is 11.6 Å². The highest BCUT2D eigenvalue weighted by Crippen LogP contribution is 2.36. The van der Waals surface area contributed by atoms with E-state index in [-0.39, 0.29) is 41.1 Å². The van der Waals surface area contributed by atoms with Crippen LogP contribution >= 0.6 is 22.7 Å². The number of hydrogen-bond donors (Lipinski definition) is 3. The summed E-state index contributed by atoms with van der Waals surface area (Å²) in [6.45, 7) is 10.3. The Hall–Kier alpha value is -4.18. The Morgan fingerprint density at radius 3 is 2.22 bits per heavy atom. The summed E-state index contributed by atoms with van der Waals surface area (Å²) in [5.41, 5.74) is 0.651. The number of carbonyl (C=O) groups excluding carboxylic acids is 5. The maximum Gasteiger partial charge on any atom is 0.276 e. The summed E-state index contributed by atoms with van der Waals surface area (Å²) in [5, 5.41) is 13.3. The lowest BCUT2D eigenvalue weighted by Gasteiger charge is -2.29. The van der Waals surface area contributed by atoms with Gasteiger partial charge in [0.1, 0.15) is 45.8 Å². The predicted octanol–water partition coefficient (Wildman–Crippen LogP) is 3.70. The Morgan fingerprint density at radius 2 is 1.49 bits per heavy atom. The summed E-state index contributed by atoms with van der Waals surface area (Å²) in [5.74, 6) is -1.89. The number of carbonyl (C=O) groups is 5. The second-order valence-corrected chi connectivity index (χ2v) is 15.4. The van der Waals surface area contributed by atoms with E-state index in [9.17, 15) is 24.0 Å². The molecule has 0 unspecified atom stereocenters. The molecule has 3 N–H and O–H groups in total. The van der Waals surface area contributed by atoms with Crippen LogP contribution in [0.2, 0.25) is 0 Å². The zero-order valence-electron chi connectivity index (χ0n) is 28.2. The number of oxazole rings is 1. The van der Waals surface area contributed by atoms with E-state index >= 15 is 0 Å². The Morgan fingerprint density at radius 1 is 0.816 bits per heavy atom. The molecule has 14 nitrogen and oxygen atoms in total.